The van der Waals surface area contributed by atoms with Crippen LogP contribution in [0.25, 0.3) is 0 Å². The van der Waals surface area contributed by atoms with Crippen molar-refractivity contribution >= 4 is 21.6 Å². The average Bonchev–Trinajstić information content (AvgIpc) is 3.11. The molecule has 2 heterocycles. The first-order valence-electron chi connectivity index (χ1n) is 9.21. The summed E-state index contributed by atoms with van der Waals surface area (Å²) in [6.07, 6.45) is -0.410. The van der Waals surface area contributed by atoms with E-state index in [1.165, 1.54) is 16.9 Å². The van der Waals surface area contributed by atoms with Crippen molar-refractivity contribution in [2.45, 2.75) is 23.9 Å². The van der Waals surface area contributed by atoms with Gasteiger partial charge in [0.05, 0.1) is 22.2 Å². The van der Waals surface area contributed by atoms with Crippen molar-refractivity contribution in [2.75, 3.05) is 24.5 Å². The smallest absolute Gasteiger partial charge is 0.372 e. The van der Waals surface area contributed by atoms with Gasteiger partial charge in [0.25, 0.3) is 5.91 Å². The van der Waals surface area contributed by atoms with Crippen molar-refractivity contribution in [1.82, 2.24) is 15.1 Å². The van der Waals surface area contributed by atoms with Crippen LogP contribution in [0.3, 0.4) is 0 Å². The Morgan fingerprint density at radius 1 is 1.30 bits per heavy atom. The normalized spacial score (nSPS) is 16.0. The minimum absolute atomic E-state index is 0.188. The van der Waals surface area contributed by atoms with Crippen molar-refractivity contribution in [3.8, 4) is 0 Å². The summed E-state index contributed by atoms with van der Waals surface area (Å²) < 4.78 is 64.5. The SMILES string of the molecule is Cn1cc(C(=O)NCC2CCN(c3ccc(S(N)(=O)=O)c(C(F)(F)F)c3)CC2)cn1. The second kappa shape index (κ2) is 8.26. The van der Waals surface area contributed by atoms with Gasteiger partial charge in [0, 0.05) is 38.6 Å². The molecule has 0 spiro atoms. The molecule has 12 heteroatoms. The summed E-state index contributed by atoms with van der Waals surface area (Å²) in [5, 5.41) is 11.7. The van der Waals surface area contributed by atoms with Gasteiger partial charge in [0.2, 0.25) is 10.0 Å². The molecule has 1 saturated heterocycles. The predicted octanol–water partition coefficient (Wildman–Crippen LogP) is 1.73. The van der Waals surface area contributed by atoms with E-state index in [9.17, 15) is 26.4 Å². The molecule has 0 saturated carbocycles. The highest BCUT2D eigenvalue weighted by Crippen LogP contribution is 2.37. The van der Waals surface area contributed by atoms with E-state index in [2.05, 4.69) is 10.4 Å². The zero-order valence-corrected chi connectivity index (χ0v) is 17.0. The number of carbonyl (C=O) groups is 1. The summed E-state index contributed by atoms with van der Waals surface area (Å²) in [6, 6.07) is 3.05. The lowest BCUT2D eigenvalue weighted by Crippen LogP contribution is -2.38. The van der Waals surface area contributed by atoms with Crippen molar-refractivity contribution < 1.29 is 26.4 Å². The van der Waals surface area contributed by atoms with Crippen LogP contribution in [-0.2, 0) is 23.2 Å². The van der Waals surface area contributed by atoms with Gasteiger partial charge in [-0.3, -0.25) is 9.48 Å². The number of rotatable bonds is 5. The van der Waals surface area contributed by atoms with Gasteiger partial charge in [-0.25, -0.2) is 13.6 Å². The van der Waals surface area contributed by atoms with Crippen LogP contribution in [0.2, 0.25) is 0 Å². The molecule has 1 fully saturated rings. The molecule has 1 aliphatic rings. The molecule has 1 aromatic carbocycles. The lowest BCUT2D eigenvalue weighted by molar-refractivity contribution is -0.139. The summed E-state index contributed by atoms with van der Waals surface area (Å²) in [7, 11) is -2.78. The molecular formula is C18H22F3N5O3S. The first-order chi connectivity index (χ1) is 13.9. The Morgan fingerprint density at radius 2 is 1.97 bits per heavy atom. The van der Waals surface area contributed by atoms with Crippen molar-refractivity contribution in [3.63, 3.8) is 0 Å². The number of carbonyl (C=O) groups excluding carboxylic acids is 1. The maximum Gasteiger partial charge on any atom is 0.417 e. The number of nitrogens with one attached hydrogen (secondary N) is 1. The lowest BCUT2D eigenvalue weighted by Gasteiger charge is -2.34. The fourth-order valence-corrected chi connectivity index (χ4v) is 4.20. The van der Waals surface area contributed by atoms with Gasteiger partial charge in [0.15, 0.2) is 0 Å². The van der Waals surface area contributed by atoms with Gasteiger partial charge < -0.3 is 10.2 Å². The molecular weight excluding hydrogens is 423 g/mol. The van der Waals surface area contributed by atoms with Crippen LogP contribution in [0.4, 0.5) is 18.9 Å². The van der Waals surface area contributed by atoms with Crippen molar-refractivity contribution in [2.24, 2.45) is 18.1 Å². The number of piperidine rings is 1. The minimum Gasteiger partial charge on any atom is -0.372 e. The molecule has 1 amide bonds. The zero-order chi connectivity index (χ0) is 22.1. The zero-order valence-electron chi connectivity index (χ0n) is 16.2. The quantitative estimate of drug-likeness (QED) is 0.728. The molecule has 1 aromatic heterocycles. The van der Waals surface area contributed by atoms with E-state index < -0.39 is 26.7 Å². The fraction of sp³-hybridized carbons (Fsp3) is 0.444. The summed E-state index contributed by atoms with van der Waals surface area (Å²) in [5.41, 5.74) is -0.523. The summed E-state index contributed by atoms with van der Waals surface area (Å²) >= 11 is 0. The van der Waals surface area contributed by atoms with Crippen LogP contribution < -0.4 is 15.4 Å². The van der Waals surface area contributed by atoms with Crippen molar-refractivity contribution in [1.29, 1.82) is 0 Å². The number of alkyl halides is 3. The summed E-state index contributed by atoms with van der Waals surface area (Å²) in [5.74, 6) is -0.0356. The van der Waals surface area contributed by atoms with Gasteiger partial charge in [-0.2, -0.15) is 18.3 Å². The van der Waals surface area contributed by atoms with E-state index >= 15 is 0 Å². The highest BCUT2D eigenvalue weighted by Gasteiger charge is 2.37. The van der Waals surface area contributed by atoms with Crippen LogP contribution in [0.15, 0.2) is 35.5 Å². The first kappa shape index (κ1) is 22.1. The van der Waals surface area contributed by atoms with E-state index in [4.69, 9.17) is 5.14 Å². The van der Waals surface area contributed by atoms with Gasteiger partial charge in [-0.05, 0) is 37.0 Å². The molecule has 3 N–H and O–H groups in total. The molecule has 8 nitrogen and oxygen atoms in total. The first-order valence-corrected chi connectivity index (χ1v) is 10.8. The summed E-state index contributed by atoms with van der Waals surface area (Å²) in [4.78, 5) is 12.9. The van der Waals surface area contributed by atoms with Crippen LogP contribution in [0.1, 0.15) is 28.8 Å². The van der Waals surface area contributed by atoms with Crippen LogP contribution >= 0.6 is 0 Å². The number of aromatic nitrogens is 2. The van der Waals surface area contributed by atoms with Gasteiger partial charge in [-0.15, -0.1) is 0 Å². The Morgan fingerprint density at radius 3 is 2.50 bits per heavy atom. The second-order valence-corrected chi connectivity index (χ2v) is 8.80. The van der Waals surface area contributed by atoms with Crippen molar-refractivity contribution in [3.05, 3.63) is 41.7 Å². The number of nitrogens with two attached hydrogens (primary N) is 1. The average molecular weight is 445 g/mol. The third-order valence-electron chi connectivity index (χ3n) is 5.07. The minimum atomic E-state index is -4.84. The monoisotopic (exact) mass is 445 g/mol. The Labute approximate surface area is 171 Å². The van der Waals surface area contributed by atoms with Crippen LogP contribution in [0.5, 0.6) is 0 Å². The number of hydrogen-bond donors (Lipinski definition) is 2. The highest BCUT2D eigenvalue weighted by atomic mass is 32.2. The third kappa shape index (κ3) is 5.11. The number of primary sulfonamides is 1. The maximum atomic E-state index is 13.3. The largest absolute Gasteiger partial charge is 0.417 e. The number of aryl methyl sites for hydroxylation is 1. The van der Waals surface area contributed by atoms with Gasteiger partial charge in [-0.1, -0.05) is 0 Å². The molecule has 0 atom stereocenters. The van der Waals surface area contributed by atoms with Crippen LogP contribution in [-0.4, -0.2) is 43.7 Å². The van der Waals surface area contributed by atoms with Gasteiger partial charge >= 0.3 is 6.18 Å². The maximum absolute atomic E-state index is 13.3. The number of amides is 1. The molecule has 1 aliphatic heterocycles. The van der Waals surface area contributed by atoms with E-state index in [1.807, 2.05) is 0 Å². The Balaban J connectivity index is 1.63. The topological polar surface area (TPSA) is 110 Å². The number of nitrogens with zero attached hydrogens (tertiary/aromatic N) is 3. The number of benzene rings is 1. The molecule has 0 bridgehead atoms. The highest BCUT2D eigenvalue weighted by molar-refractivity contribution is 7.89. The fourth-order valence-electron chi connectivity index (χ4n) is 3.46. The Kier molecular flexibility index (Phi) is 6.09. The molecule has 0 unspecified atom stereocenters. The molecule has 0 radical (unpaired) electrons. The van der Waals surface area contributed by atoms with E-state index in [0.717, 1.165) is 12.1 Å². The van der Waals surface area contributed by atoms with Gasteiger partial charge in [0.1, 0.15) is 0 Å². The Hall–Kier alpha value is -2.60. The lowest BCUT2D eigenvalue weighted by atomic mass is 9.96. The molecule has 3 rings (SSSR count). The Bertz CT molecular complexity index is 1030. The van der Waals surface area contributed by atoms with Crippen LogP contribution in [0, 0.1) is 5.92 Å². The van der Waals surface area contributed by atoms with E-state index in [0.29, 0.717) is 38.0 Å². The number of halogens is 3. The standard InChI is InChI=1S/C18H22F3N5O3S/c1-25-11-13(10-24-25)17(27)23-9-12-4-6-26(7-5-12)14-2-3-16(30(22,28)29)15(8-14)18(19,20)21/h2-3,8,10-12H,4-7,9H2,1H3,(H,23,27)(H2,22,28,29). The molecule has 2 aromatic rings. The third-order valence-corrected chi connectivity index (χ3v) is 6.04. The number of hydrogen-bond acceptors (Lipinski definition) is 5. The predicted molar refractivity (Wildman–Crippen MR) is 103 cm³/mol. The van der Waals surface area contributed by atoms with E-state index in [-0.39, 0.29) is 17.5 Å². The number of sulfonamides is 1. The molecule has 164 valence electrons. The number of anilines is 1. The molecule has 0 aliphatic carbocycles. The summed E-state index contributed by atoms with van der Waals surface area (Å²) in [6.45, 7) is 1.43. The molecule has 30 heavy (non-hydrogen) atoms. The second-order valence-electron chi connectivity index (χ2n) is 7.27. The van der Waals surface area contributed by atoms with E-state index in [1.54, 1.807) is 18.1 Å².